The van der Waals surface area contributed by atoms with Crippen molar-refractivity contribution in [2.24, 2.45) is 0 Å². The first-order chi connectivity index (χ1) is 8.61. The van der Waals surface area contributed by atoms with Crippen molar-refractivity contribution in [3.05, 3.63) is 57.8 Å². The number of benzene rings is 2. The first-order valence-corrected chi connectivity index (χ1v) is 5.98. The molecule has 0 fully saturated rings. The van der Waals surface area contributed by atoms with Crippen LogP contribution in [-0.4, -0.2) is 0 Å². The Morgan fingerprint density at radius 2 is 1.78 bits per heavy atom. The van der Waals surface area contributed by atoms with Crippen molar-refractivity contribution in [3.63, 3.8) is 0 Å². The molecule has 0 unspecified atom stereocenters. The molecule has 2 rings (SSSR count). The number of nitrogens with zero attached hydrogens (tertiary/aromatic N) is 1. The van der Waals surface area contributed by atoms with Crippen LogP contribution in [0.4, 0.5) is 4.39 Å². The second-order valence-corrected chi connectivity index (χ2v) is 4.64. The third kappa shape index (κ3) is 2.64. The van der Waals surface area contributed by atoms with Gasteiger partial charge in [-0.15, -0.1) is 0 Å². The largest absolute Gasteiger partial charge is 0.206 e. The van der Waals surface area contributed by atoms with E-state index in [9.17, 15) is 4.39 Å². The molecule has 0 atom stereocenters. The Kier molecular flexibility index (Phi) is 3.86. The van der Waals surface area contributed by atoms with Crippen LogP contribution in [0.2, 0.25) is 10.0 Å². The molecule has 0 saturated heterocycles. The van der Waals surface area contributed by atoms with Gasteiger partial charge in [0.2, 0.25) is 0 Å². The highest BCUT2D eigenvalue weighted by atomic mass is 35.5. The fraction of sp³-hybridized carbons (Fsp3) is 0.0714. The molecule has 1 nitrogen and oxygen atoms in total. The van der Waals surface area contributed by atoms with E-state index >= 15 is 0 Å². The maximum atomic E-state index is 14.2. The van der Waals surface area contributed by atoms with E-state index in [1.165, 1.54) is 0 Å². The first kappa shape index (κ1) is 12.9. The van der Waals surface area contributed by atoms with Crippen molar-refractivity contribution in [2.45, 2.75) is 6.42 Å². The summed E-state index contributed by atoms with van der Waals surface area (Å²) < 4.78 is 14.2. The van der Waals surface area contributed by atoms with Crippen LogP contribution < -0.4 is 0 Å². The number of nitriles is 1. The van der Waals surface area contributed by atoms with Gasteiger partial charge < -0.3 is 0 Å². The maximum Gasteiger partial charge on any atom is 0.135 e. The normalized spacial score (nSPS) is 10.1. The molecule has 0 bridgehead atoms. The molecule has 0 aromatic heterocycles. The average Bonchev–Trinajstić information content (AvgIpc) is 2.31. The Morgan fingerprint density at radius 1 is 1.11 bits per heavy atom. The number of hydrogen-bond acceptors (Lipinski definition) is 1. The molecule has 2 aromatic carbocycles. The molecule has 90 valence electrons. The minimum Gasteiger partial charge on any atom is -0.206 e. The standard InChI is InChI=1S/C14H8Cl2FN/c15-11-6-10(7-12(16)8-11)13-3-1-2-9(4-5-18)14(13)17/h1-3,6-8H,4H2. The van der Waals surface area contributed by atoms with Crippen LogP contribution in [0.3, 0.4) is 0 Å². The van der Waals surface area contributed by atoms with E-state index in [0.29, 0.717) is 26.7 Å². The molecule has 4 heteroatoms. The third-order valence-corrected chi connectivity index (χ3v) is 2.96. The lowest BCUT2D eigenvalue weighted by molar-refractivity contribution is 0.619. The Morgan fingerprint density at radius 3 is 2.39 bits per heavy atom. The van der Waals surface area contributed by atoms with Crippen molar-refractivity contribution >= 4 is 23.2 Å². The van der Waals surface area contributed by atoms with E-state index < -0.39 is 5.82 Å². The van der Waals surface area contributed by atoms with Gasteiger partial charge in [0.1, 0.15) is 5.82 Å². The Labute approximate surface area is 114 Å². The van der Waals surface area contributed by atoms with Crippen LogP contribution in [0, 0.1) is 17.1 Å². The first-order valence-electron chi connectivity index (χ1n) is 5.22. The third-order valence-electron chi connectivity index (χ3n) is 2.52. The van der Waals surface area contributed by atoms with Gasteiger partial charge >= 0.3 is 0 Å². The molecular weight excluding hydrogens is 272 g/mol. The molecule has 0 aliphatic heterocycles. The zero-order chi connectivity index (χ0) is 13.1. The summed E-state index contributed by atoms with van der Waals surface area (Å²) in [6.45, 7) is 0. The predicted molar refractivity (Wildman–Crippen MR) is 71.2 cm³/mol. The molecule has 0 saturated carbocycles. The highest BCUT2D eigenvalue weighted by molar-refractivity contribution is 6.35. The van der Waals surface area contributed by atoms with E-state index in [-0.39, 0.29) is 6.42 Å². The van der Waals surface area contributed by atoms with E-state index in [4.69, 9.17) is 28.5 Å². The van der Waals surface area contributed by atoms with Gasteiger partial charge in [0.25, 0.3) is 0 Å². The number of hydrogen-bond donors (Lipinski definition) is 0. The van der Waals surface area contributed by atoms with Gasteiger partial charge in [-0.25, -0.2) is 4.39 Å². The maximum absolute atomic E-state index is 14.2. The minimum atomic E-state index is -0.405. The number of rotatable bonds is 2. The zero-order valence-electron chi connectivity index (χ0n) is 9.25. The van der Waals surface area contributed by atoms with Gasteiger partial charge in [0.15, 0.2) is 0 Å². The predicted octanol–water partition coefficient (Wildman–Crippen LogP) is 4.87. The van der Waals surface area contributed by atoms with Crippen LogP contribution in [0.15, 0.2) is 36.4 Å². The minimum absolute atomic E-state index is 0.0357. The summed E-state index contributed by atoms with van der Waals surface area (Å²) in [5, 5.41) is 9.53. The van der Waals surface area contributed by atoms with E-state index in [1.54, 1.807) is 36.4 Å². The van der Waals surface area contributed by atoms with Crippen LogP contribution in [-0.2, 0) is 6.42 Å². The van der Waals surface area contributed by atoms with E-state index in [2.05, 4.69) is 0 Å². The van der Waals surface area contributed by atoms with Gasteiger partial charge in [0.05, 0.1) is 12.5 Å². The summed E-state index contributed by atoms with van der Waals surface area (Å²) in [6, 6.07) is 11.7. The Balaban J connectivity index is 2.57. The van der Waals surface area contributed by atoms with Gasteiger partial charge in [-0.1, -0.05) is 41.4 Å². The quantitative estimate of drug-likeness (QED) is 0.770. The molecular formula is C14H8Cl2FN. The zero-order valence-corrected chi connectivity index (χ0v) is 10.8. The second-order valence-electron chi connectivity index (χ2n) is 3.77. The molecule has 0 N–H and O–H groups in total. The van der Waals surface area contributed by atoms with Crippen molar-refractivity contribution in [1.29, 1.82) is 5.26 Å². The summed E-state index contributed by atoms with van der Waals surface area (Å²) in [7, 11) is 0. The smallest absolute Gasteiger partial charge is 0.135 e. The highest BCUT2D eigenvalue weighted by Gasteiger charge is 2.10. The van der Waals surface area contributed by atoms with Crippen LogP contribution in [0.5, 0.6) is 0 Å². The monoisotopic (exact) mass is 279 g/mol. The lowest BCUT2D eigenvalue weighted by Crippen LogP contribution is -1.92. The number of halogens is 3. The summed E-state index contributed by atoms with van der Waals surface area (Å²) in [4.78, 5) is 0. The lowest BCUT2D eigenvalue weighted by atomic mass is 10.0. The molecule has 0 spiro atoms. The lowest BCUT2D eigenvalue weighted by Gasteiger charge is -2.07. The second kappa shape index (κ2) is 5.39. The van der Waals surface area contributed by atoms with E-state index in [0.717, 1.165) is 0 Å². The topological polar surface area (TPSA) is 23.8 Å². The Hall–Kier alpha value is -1.56. The van der Waals surface area contributed by atoms with Crippen molar-refractivity contribution < 1.29 is 4.39 Å². The van der Waals surface area contributed by atoms with Crippen molar-refractivity contribution in [1.82, 2.24) is 0 Å². The SMILES string of the molecule is N#CCc1cccc(-c2cc(Cl)cc(Cl)c2)c1F. The summed E-state index contributed by atoms with van der Waals surface area (Å²) in [5.74, 6) is -0.405. The molecule has 0 aliphatic carbocycles. The van der Waals surface area contributed by atoms with Gasteiger partial charge in [-0.05, 0) is 23.8 Å². The summed E-state index contributed by atoms with van der Waals surface area (Å²) >= 11 is 11.8. The van der Waals surface area contributed by atoms with E-state index in [1.807, 2.05) is 6.07 Å². The van der Waals surface area contributed by atoms with Crippen LogP contribution in [0.1, 0.15) is 5.56 Å². The molecule has 0 heterocycles. The van der Waals surface area contributed by atoms with Crippen molar-refractivity contribution in [2.75, 3.05) is 0 Å². The van der Waals surface area contributed by atoms with Gasteiger partial charge in [-0.3, -0.25) is 0 Å². The molecule has 0 radical (unpaired) electrons. The van der Waals surface area contributed by atoms with Gasteiger partial charge in [0, 0.05) is 21.2 Å². The van der Waals surface area contributed by atoms with Gasteiger partial charge in [-0.2, -0.15) is 5.26 Å². The van der Waals surface area contributed by atoms with Crippen LogP contribution >= 0.6 is 23.2 Å². The fourth-order valence-electron chi connectivity index (χ4n) is 1.73. The molecule has 0 aliphatic rings. The summed E-state index contributed by atoms with van der Waals surface area (Å²) in [6.07, 6.45) is 0.0357. The van der Waals surface area contributed by atoms with Crippen molar-refractivity contribution in [3.8, 4) is 17.2 Å². The summed E-state index contributed by atoms with van der Waals surface area (Å²) in [5.41, 5.74) is 1.36. The molecule has 2 aromatic rings. The Bertz CT molecular complexity index is 612. The van der Waals surface area contributed by atoms with Crippen LogP contribution in [0.25, 0.3) is 11.1 Å². The average molecular weight is 280 g/mol. The highest BCUT2D eigenvalue weighted by Crippen LogP contribution is 2.30. The molecule has 0 amide bonds. The fourth-order valence-corrected chi connectivity index (χ4v) is 2.26. The molecule has 18 heavy (non-hydrogen) atoms.